The van der Waals surface area contributed by atoms with Gasteiger partial charge in [-0.2, -0.15) is 0 Å². The van der Waals surface area contributed by atoms with Gasteiger partial charge in [0.25, 0.3) is 5.56 Å². The smallest absolute Gasteiger partial charge is 0.308 e. The maximum absolute atomic E-state index is 12.5. The summed E-state index contributed by atoms with van der Waals surface area (Å²) in [4.78, 5) is 35.8. The van der Waals surface area contributed by atoms with Crippen molar-refractivity contribution >= 4 is 22.7 Å². The molecular formula is C20H17NO4. The number of benzene rings is 2. The summed E-state index contributed by atoms with van der Waals surface area (Å²) in [6.45, 7) is 3.22. The second-order valence-electron chi connectivity index (χ2n) is 5.86. The summed E-state index contributed by atoms with van der Waals surface area (Å²) < 4.78 is 6.49. The maximum Gasteiger partial charge on any atom is 0.308 e. The van der Waals surface area contributed by atoms with E-state index in [4.69, 9.17) is 4.74 Å². The molecule has 0 aliphatic heterocycles. The summed E-state index contributed by atoms with van der Waals surface area (Å²) in [6, 6.07) is 15.3. The summed E-state index contributed by atoms with van der Waals surface area (Å²) in [7, 11) is 0. The first-order valence-electron chi connectivity index (χ1n) is 7.86. The van der Waals surface area contributed by atoms with Gasteiger partial charge in [0, 0.05) is 23.9 Å². The molecule has 0 amide bonds. The average molecular weight is 335 g/mol. The Balaban J connectivity index is 1.98. The zero-order valence-electron chi connectivity index (χ0n) is 14.0. The minimum absolute atomic E-state index is 0.0495. The minimum atomic E-state index is -0.415. The van der Waals surface area contributed by atoms with Crippen LogP contribution in [0.5, 0.6) is 5.75 Å². The highest BCUT2D eigenvalue weighted by atomic mass is 16.5. The summed E-state index contributed by atoms with van der Waals surface area (Å²) in [5.41, 5.74) is 1.99. The van der Waals surface area contributed by atoms with Crippen molar-refractivity contribution < 1.29 is 14.3 Å². The molecular weight excluding hydrogens is 318 g/mol. The van der Waals surface area contributed by atoms with Crippen LogP contribution in [0, 0.1) is 6.92 Å². The molecule has 0 atom stereocenters. The molecule has 0 N–H and O–H groups in total. The van der Waals surface area contributed by atoms with E-state index in [1.165, 1.54) is 17.6 Å². The Hall–Kier alpha value is -3.21. The van der Waals surface area contributed by atoms with Crippen molar-refractivity contribution in [3.63, 3.8) is 0 Å². The Morgan fingerprint density at radius 1 is 1.00 bits per heavy atom. The van der Waals surface area contributed by atoms with E-state index in [-0.39, 0.29) is 17.9 Å². The highest BCUT2D eigenvalue weighted by Gasteiger charge is 2.11. The van der Waals surface area contributed by atoms with Gasteiger partial charge in [-0.25, -0.2) is 0 Å². The molecule has 0 fully saturated rings. The van der Waals surface area contributed by atoms with E-state index in [1.54, 1.807) is 36.4 Å². The number of hydrogen-bond acceptors (Lipinski definition) is 4. The number of pyridine rings is 1. The van der Waals surface area contributed by atoms with Gasteiger partial charge in [0.05, 0.1) is 12.1 Å². The monoisotopic (exact) mass is 335 g/mol. The lowest BCUT2D eigenvalue weighted by Gasteiger charge is -2.11. The summed E-state index contributed by atoms with van der Waals surface area (Å²) in [5, 5.41) is 0.718. The van der Waals surface area contributed by atoms with Crippen LogP contribution in [0.1, 0.15) is 22.8 Å². The topological polar surface area (TPSA) is 65.4 Å². The lowest BCUT2D eigenvalue weighted by Crippen LogP contribution is -2.23. The third-order valence-electron chi connectivity index (χ3n) is 3.90. The molecule has 0 aliphatic carbocycles. The second-order valence-corrected chi connectivity index (χ2v) is 5.86. The van der Waals surface area contributed by atoms with E-state index in [0.717, 1.165) is 10.9 Å². The van der Waals surface area contributed by atoms with Crippen LogP contribution in [0.25, 0.3) is 10.9 Å². The quantitative estimate of drug-likeness (QED) is 0.417. The molecule has 25 heavy (non-hydrogen) atoms. The Morgan fingerprint density at radius 2 is 1.72 bits per heavy atom. The van der Waals surface area contributed by atoms with Crippen LogP contribution in [0.2, 0.25) is 0 Å². The van der Waals surface area contributed by atoms with Gasteiger partial charge in [0.1, 0.15) is 5.75 Å². The highest BCUT2D eigenvalue weighted by molar-refractivity contribution is 5.96. The predicted molar refractivity (Wildman–Crippen MR) is 95.0 cm³/mol. The van der Waals surface area contributed by atoms with Crippen LogP contribution < -0.4 is 10.3 Å². The number of nitrogens with zero attached hydrogens (tertiary/aromatic N) is 1. The van der Waals surface area contributed by atoms with Crippen LogP contribution in [-0.4, -0.2) is 16.3 Å². The van der Waals surface area contributed by atoms with Crippen LogP contribution in [-0.2, 0) is 11.3 Å². The number of rotatable bonds is 4. The fourth-order valence-electron chi connectivity index (χ4n) is 2.65. The van der Waals surface area contributed by atoms with Crippen LogP contribution in [0.3, 0.4) is 0 Å². The molecule has 0 radical (unpaired) electrons. The molecule has 5 nitrogen and oxygen atoms in total. The molecule has 2 aromatic carbocycles. The fraction of sp³-hybridized carbons (Fsp3) is 0.150. The van der Waals surface area contributed by atoms with E-state index in [2.05, 4.69) is 0 Å². The predicted octanol–water partition coefficient (Wildman–Crippen LogP) is 3.12. The number of carbonyl (C=O) groups is 2. The van der Waals surface area contributed by atoms with Crippen molar-refractivity contribution in [2.45, 2.75) is 20.4 Å². The SMILES string of the molecule is CC(=O)Oc1ccc2c(ccc(=O)n2CC(=O)c2ccc(C)cc2)c1. The largest absolute Gasteiger partial charge is 0.427 e. The van der Waals surface area contributed by atoms with E-state index in [1.807, 2.05) is 19.1 Å². The van der Waals surface area contributed by atoms with Crippen molar-refractivity contribution in [3.05, 3.63) is 76.1 Å². The molecule has 1 aromatic heterocycles. The zero-order valence-corrected chi connectivity index (χ0v) is 14.0. The molecule has 0 aliphatic rings. The van der Waals surface area contributed by atoms with E-state index < -0.39 is 5.97 Å². The van der Waals surface area contributed by atoms with Gasteiger partial charge in [-0.15, -0.1) is 0 Å². The van der Waals surface area contributed by atoms with E-state index in [9.17, 15) is 14.4 Å². The summed E-state index contributed by atoms with van der Waals surface area (Å²) in [6.07, 6.45) is 0. The normalized spacial score (nSPS) is 10.6. The molecule has 3 rings (SSSR count). The van der Waals surface area contributed by atoms with Crippen molar-refractivity contribution in [1.82, 2.24) is 4.57 Å². The second kappa shape index (κ2) is 6.73. The first kappa shape index (κ1) is 16.6. The minimum Gasteiger partial charge on any atom is -0.427 e. The summed E-state index contributed by atoms with van der Waals surface area (Å²) in [5.74, 6) is -0.157. The molecule has 0 spiro atoms. The number of aromatic nitrogens is 1. The molecule has 0 saturated carbocycles. The van der Waals surface area contributed by atoms with Gasteiger partial charge in [-0.3, -0.25) is 14.4 Å². The summed E-state index contributed by atoms with van der Waals surface area (Å²) >= 11 is 0. The van der Waals surface area contributed by atoms with Crippen molar-refractivity contribution in [1.29, 1.82) is 0 Å². The number of Topliss-reactive ketones (excluding diaryl/α,β-unsaturated/α-hetero) is 1. The fourth-order valence-corrected chi connectivity index (χ4v) is 2.65. The first-order valence-corrected chi connectivity index (χ1v) is 7.86. The number of esters is 1. The van der Waals surface area contributed by atoms with Crippen molar-refractivity contribution in [3.8, 4) is 5.75 Å². The maximum atomic E-state index is 12.5. The third-order valence-corrected chi connectivity index (χ3v) is 3.90. The van der Waals surface area contributed by atoms with E-state index in [0.29, 0.717) is 16.8 Å². The molecule has 0 saturated heterocycles. The van der Waals surface area contributed by atoms with Gasteiger partial charge in [0.2, 0.25) is 0 Å². The lowest BCUT2D eigenvalue weighted by molar-refractivity contribution is -0.131. The molecule has 0 bridgehead atoms. The Morgan fingerprint density at radius 3 is 2.40 bits per heavy atom. The number of ketones is 1. The number of ether oxygens (including phenoxy) is 1. The van der Waals surface area contributed by atoms with Gasteiger partial charge in [-0.1, -0.05) is 29.8 Å². The standard InChI is InChI=1S/C20H17NO4/c1-13-3-5-15(6-4-13)19(23)12-21-18-9-8-17(25-14(2)22)11-16(18)7-10-20(21)24/h3-11H,12H2,1-2H3. The molecule has 3 aromatic rings. The highest BCUT2D eigenvalue weighted by Crippen LogP contribution is 2.20. The number of aryl methyl sites for hydroxylation is 1. The Labute approximate surface area is 144 Å². The van der Waals surface area contributed by atoms with Crippen LogP contribution >= 0.6 is 0 Å². The van der Waals surface area contributed by atoms with Crippen LogP contribution in [0.15, 0.2) is 59.4 Å². The van der Waals surface area contributed by atoms with Crippen LogP contribution in [0.4, 0.5) is 0 Å². The van der Waals surface area contributed by atoms with Gasteiger partial charge < -0.3 is 9.30 Å². The number of hydrogen-bond donors (Lipinski definition) is 0. The van der Waals surface area contributed by atoms with E-state index >= 15 is 0 Å². The lowest BCUT2D eigenvalue weighted by atomic mass is 10.1. The number of carbonyl (C=O) groups excluding carboxylic acids is 2. The third kappa shape index (κ3) is 3.66. The Bertz CT molecular complexity index is 1020. The zero-order chi connectivity index (χ0) is 18.0. The molecule has 0 unspecified atom stereocenters. The van der Waals surface area contributed by atoms with Gasteiger partial charge in [-0.05, 0) is 31.2 Å². The molecule has 126 valence electrons. The van der Waals surface area contributed by atoms with Crippen molar-refractivity contribution in [2.24, 2.45) is 0 Å². The first-order chi connectivity index (χ1) is 11.9. The number of fused-ring (bicyclic) bond motifs is 1. The average Bonchev–Trinajstić information content (AvgIpc) is 2.57. The van der Waals surface area contributed by atoms with Crippen molar-refractivity contribution in [2.75, 3.05) is 0 Å². The molecule has 5 heteroatoms. The molecule has 1 heterocycles. The van der Waals surface area contributed by atoms with Gasteiger partial charge in [0.15, 0.2) is 5.78 Å². The Kier molecular flexibility index (Phi) is 4.48. The van der Waals surface area contributed by atoms with Gasteiger partial charge >= 0.3 is 5.97 Å².